The zero-order chi connectivity index (χ0) is 13.8. The van der Waals surface area contributed by atoms with E-state index in [-0.39, 0.29) is 10.6 Å². The third-order valence-corrected chi connectivity index (χ3v) is 4.82. The number of sulfone groups is 1. The highest BCUT2D eigenvalue weighted by atomic mass is 32.2. The molecule has 0 amide bonds. The van der Waals surface area contributed by atoms with Gasteiger partial charge < -0.3 is 10.6 Å². The number of nitrogens with zero attached hydrogens (tertiary/aromatic N) is 1. The van der Waals surface area contributed by atoms with Gasteiger partial charge in [-0.2, -0.15) is 0 Å². The second kappa shape index (κ2) is 6.20. The molecule has 0 aromatic heterocycles. The van der Waals surface area contributed by atoms with Crippen LogP contribution in [0.25, 0.3) is 0 Å². The molecular weight excluding hydrogens is 248 g/mol. The van der Waals surface area contributed by atoms with Crippen molar-refractivity contribution in [3.05, 3.63) is 23.8 Å². The monoisotopic (exact) mass is 270 g/mol. The maximum absolute atomic E-state index is 12.2. The number of rotatable bonds is 6. The molecule has 0 heterocycles. The quantitative estimate of drug-likeness (QED) is 0.799. The summed E-state index contributed by atoms with van der Waals surface area (Å²) >= 11 is 0. The number of aryl methyl sites for hydroxylation is 1. The van der Waals surface area contributed by atoms with Crippen LogP contribution in [0, 0.1) is 6.92 Å². The first-order chi connectivity index (χ1) is 8.40. The van der Waals surface area contributed by atoms with E-state index in [9.17, 15) is 8.42 Å². The summed E-state index contributed by atoms with van der Waals surface area (Å²) < 4.78 is 24.5. The third kappa shape index (κ3) is 3.71. The van der Waals surface area contributed by atoms with Crippen LogP contribution in [-0.4, -0.2) is 38.7 Å². The number of hydrogen-bond donors (Lipinski definition) is 1. The zero-order valence-electron chi connectivity index (χ0n) is 11.3. The third-order valence-electron chi connectivity index (χ3n) is 3.07. The highest BCUT2D eigenvalue weighted by Gasteiger charge is 2.18. The number of hydrogen-bond acceptors (Lipinski definition) is 4. The molecule has 1 aromatic rings. The molecule has 0 atom stereocenters. The van der Waals surface area contributed by atoms with Crippen molar-refractivity contribution in [1.82, 2.24) is 4.90 Å². The van der Waals surface area contributed by atoms with E-state index in [1.54, 1.807) is 12.1 Å². The molecule has 0 aliphatic heterocycles. The molecule has 5 heteroatoms. The van der Waals surface area contributed by atoms with Gasteiger partial charge in [0, 0.05) is 6.54 Å². The molecule has 0 unspecified atom stereocenters. The molecule has 0 aliphatic rings. The van der Waals surface area contributed by atoms with E-state index in [2.05, 4.69) is 4.90 Å². The van der Waals surface area contributed by atoms with Crippen LogP contribution < -0.4 is 5.73 Å². The van der Waals surface area contributed by atoms with Crippen molar-refractivity contribution in [2.45, 2.75) is 25.7 Å². The Morgan fingerprint density at radius 1 is 1.22 bits per heavy atom. The Balaban J connectivity index is 2.89. The summed E-state index contributed by atoms with van der Waals surface area (Å²) in [7, 11) is -3.30. The molecule has 0 fully saturated rings. The summed E-state index contributed by atoms with van der Waals surface area (Å²) in [5.41, 5.74) is 7.00. The predicted octanol–water partition coefficient (Wildman–Crippen LogP) is 1.69. The molecule has 2 N–H and O–H groups in total. The van der Waals surface area contributed by atoms with Gasteiger partial charge in [-0.3, -0.25) is 0 Å². The van der Waals surface area contributed by atoms with Crippen LogP contribution in [0.2, 0.25) is 0 Å². The molecule has 0 saturated carbocycles. The summed E-state index contributed by atoms with van der Waals surface area (Å²) in [5, 5.41) is 0. The van der Waals surface area contributed by atoms with Crippen molar-refractivity contribution in [2.75, 3.05) is 31.1 Å². The Hall–Kier alpha value is -1.07. The van der Waals surface area contributed by atoms with Gasteiger partial charge in [-0.1, -0.05) is 19.9 Å². The van der Waals surface area contributed by atoms with Crippen molar-refractivity contribution in [3.63, 3.8) is 0 Å². The van der Waals surface area contributed by atoms with Crippen molar-refractivity contribution in [2.24, 2.45) is 0 Å². The minimum Gasteiger partial charge on any atom is -0.398 e. The molecular formula is C13H22N2O2S. The van der Waals surface area contributed by atoms with Gasteiger partial charge >= 0.3 is 0 Å². The summed E-state index contributed by atoms with van der Waals surface area (Å²) in [6, 6.07) is 5.12. The molecule has 0 spiro atoms. The van der Waals surface area contributed by atoms with E-state index < -0.39 is 9.84 Å². The lowest BCUT2D eigenvalue weighted by atomic mass is 10.2. The first-order valence-electron chi connectivity index (χ1n) is 6.22. The van der Waals surface area contributed by atoms with Gasteiger partial charge in [0.1, 0.15) is 0 Å². The van der Waals surface area contributed by atoms with Gasteiger partial charge in [0.05, 0.1) is 16.3 Å². The average Bonchev–Trinajstić information content (AvgIpc) is 2.33. The van der Waals surface area contributed by atoms with E-state index in [1.165, 1.54) is 0 Å². The fourth-order valence-electron chi connectivity index (χ4n) is 1.81. The maximum atomic E-state index is 12.2. The van der Waals surface area contributed by atoms with E-state index in [1.807, 2.05) is 26.8 Å². The normalized spacial score (nSPS) is 12.0. The maximum Gasteiger partial charge on any atom is 0.181 e. The Morgan fingerprint density at radius 2 is 1.83 bits per heavy atom. The number of nitrogens with two attached hydrogens (primary N) is 1. The molecule has 18 heavy (non-hydrogen) atoms. The fourth-order valence-corrected chi connectivity index (χ4v) is 3.32. The standard InChI is InChI=1S/C13H22N2O2S/c1-4-15(5-2)8-9-18(16,17)13-10-11(3)6-7-12(13)14/h6-7,10H,4-5,8-9,14H2,1-3H3. The van der Waals surface area contributed by atoms with Crippen molar-refractivity contribution < 1.29 is 8.42 Å². The van der Waals surface area contributed by atoms with E-state index in [0.717, 1.165) is 18.7 Å². The second-order valence-corrected chi connectivity index (χ2v) is 6.46. The van der Waals surface area contributed by atoms with Gasteiger partial charge in [-0.25, -0.2) is 8.42 Å². The number of benzene rings is 1. The van der Waals surface area contributed by atoms with Crippen molar-refractivity contribution in [3.8, 4) is 0 Å². The SMILES string of the molecule is CCN(CC)CCS(=O)(=O)c1cc(C)ccc1N. The van der Waals surface area contributed by atoms with Gasteiger partial charge in [0.2, 0.25) is 0 Å². The van der Waals surface area contributed by atoms with Crippen molar-refractivity contribution >= 4 is 15.5 Å². The minimum atomic E-state index is -3.30. The molecule has 1 rings (SSSR count). The summed E-state index contributed by atoms with van der Waals surface area (Å²) in [5.74, 6) is 0.113. The summed E-state index contributed by atoms with van der Waals surface area (Å²) in [4.78, 5) is 2.35. The smallest absolute Gasteiger partial charge is 0.181 e. The zero-order valence-corrected chi connectivity index (χ0v) is 12.1. The highest BCUT2D eigenvalue weighted by molar-refractivity contribution is 7.91. The number of anilines is 1. The molecule has 0 radical (unpaired) electrons. The lowest BCUT2D eigenvalue weighted by Gasteiger charge is -2.18. The first-order valence-corrected chi connectivity index (χ1v) is 7.87. The van der Waals surface area contributed by atoms with E-state index in [4.69, 9.17) is 5.73 Å². The minimum absolute atomic E-state index is 0.113. The van der Waals surface area contributed by atoms with Crippen molar-refractivity contribution in [1.29, 1.82) is 0 Å². The Bertz CT molecular complexity index is 494. The van der Waals surface area contributed by atoms with Gasteiger partial charge in [-0.05, 0) is 37.7 Å². The topological polar surface area (TPSA) is 63.4 Å². The van der Waals surface area contributed by atoms with Crippen LogP contribution in [0.5, 0.6) is 0 Å². The second-order valence-electron chi connectivity index (χ2n) is 4.39. The average molecular weight is 270 g/mol. The van der Waals surface area contributed by atoms with Crippen LogP contribution in [0.15, 0.2) is 23.1 Å². The molecule has 0 bridgehead atoms. The van der Waals surface area contributed by atoms with Gasteiger partial charge in [0.25, 0.3) is 0 Å². The van der Waals surface area contributed by atoms with Crippen LogP contribution in [0.3, 0.4) is 0 Å². The molecule has 102 valence electrons. The molecule has 1 aromatic carbocycles. The Labute approximate surface area is 110 Å². The largest absolute Gasteiger partial charge is 0.398 e. The number of nitrogen functional groups attached to an aromatic ring is 1. The van der Waals surface area contributed by atoms with E-state index in [0.29, 0.717) is 12.2 Å². The lowest BCUT2D eigenvalue weighted by molar-refractivity contribution is 0.321. The first kappa shape index (κ1) is 15.0. The van der Waals surface area contributed by atoms with Gasteiger partial charge in [-0.15, -0.1) is 0 Å². The van der Waals surface area contributed by atoms with Crippen LogP contribution in [0.1, 0.15) is 19.4 Å². The van der Waals surface area contributed by atoms with Crippen LogP contribution >= 0.6 is 0 Å². The predicted molar refractivity (Wildman–Crippen MR) is 75.4 cm³/mol. The van der Waals surface area contributed by atoms with Gasteiger partial charge in [0.15, 0.2) is 9.84 Å². The molecule has 4 nitrogen and oxygen atoms in total. The molecule has 0 aliphatic carbocycles. The van der Waals surface area contributed by atoms with Crippen LogP contribution in [0.4, 0.5) is 5.69 Å². The highest BCUT2D eigenvalue weighted by Crippen LogP contribution is 2.21. The molecule has 0 saturated heterocycles. The Morgan fingerprint density at radius 3 is 2.39 bits per heavy atom. The van der Waals surface area contributed by atoms with E-state index >= 15 is 0 Å². The fraction of sp³-hybridized carbons (Fsp3) is 0.538. The van der Waals surface area contributed by atoms with Crippen LogP contribution in [-0.2, 0) is 9.84 Å². The Kier molecular flexibility index (Phi) is 5.16. The summed E-state index contributed by atoms with van der Waals surface area (Å²) in [6.07, 6.45) is 0. The lowest BCUT2D eigenvalue weighted by Crippen LogP contribution is -2.29. The summed E-state index contributed by atoms with van der Waals surface area (Å²) in [6.45, 7) is 8.17.